The topological polar surface area (TPSA) is 51.2 Å². The van der Waals surface area contributed by atoms with Crippen molar-refractivity contribution in [2.75, 3.05) is 0 Å². The molecule has 1 heterocycles. The summed E-state index contributed by atoms with van der Waals surface area (Å²) in [7, 11) is 0. The van der Waals surface area contributed by atoms with E-state index in [0.717, 1.165) is 22.9 Å². The molecule has 4 nitrogen and oxygen atoms in total. The quantitative estimate of drug-likeness (QED) is 0.497. The van der Waals surface area contributed by atoms with Crippen molar-refractivity contribution in [3.63, 3.8) is 0 Å². The van der Waals surface area contributed by atoms with Crippen molar-refractivity contribution in [2.24, 2.45) is 11.8 Å². The lowest BCUT2D eigenvalue weighted by Gasteiger charge is -2.39. The van der Waals surface area contributed by atoms with E-state index in [1.54, 1.807) is 6.20 Å². The second kappa shape index (κ2) is 9.01. The summed E-state index contributed by atoms with van der Waals surface area (Å²) >= 11 is 0. The van der Waals surface area contributed by atoms with Crippen LogP contribution in [0.4, 0.5) is 0 Å². The molecule has 3 aromatic rings. The maximum Gasteiger partial charge on any atom is 0.251 e. The van der Waals surface area contributed by atoms with Gasteiger partial charge in [-0.25, -0.2) is 0 Å². The number of nitrogens with zero attached hydrogens (tertiary/aromatic N) is 1. The first kappa shape index (κ1) is 21.7. The molecule has 3 atom stereocenters. The summed E-state index contributed by atoms with van der Waals surface area (Å²) in [5.74, 6) is 2.30. The van der Waals surface area contributed by atoms with Gasteiger partial charge in [0.2, 0.25) is 0 Å². The minimum absolute atomic E-state index is 0.00653. The molecule has 1 N–H and O–H groups in total. The Morgan fingerprint density at radius 3 is 2.33 bits per heavy atom. The van der Waals surface area contributed by atoms with Crippen molar-refractivity contribution >= 4 is 5.91 Å². The van der Waals surface area contributed by atoms with E-state index in [0.29, 0.717) is 12.5 Å². The van der Waals surface area contributed by atoms with Gasteiger partial charge in [-0.2, -0.15) is 0 Å². The van der Waals surface area contributed by atoms with Gasteiger partial charge < -0.3 is 10.1 Å². The van der Waals surface area contributed by atoms with Gasteiger partial charge in [0.1, 0.15) is 12.4 Å². The van der Waals surface area contributed by atoms with E-state index < -0.39 is 0 Å². The van der Waals surface area contributed by atoms with Crippen LogP contribution in [0.15, 0.2) is 72.9 Å². The zero-order valence-electron chi connectivity index (χ0n) is 19.5. The number of fused-ring (bicyclic) bond motifs is 2. The summed E-state index contributed by atoms with van der Waals surface area (Å²) in [4.78, 5) is 16.8. The number of carbonyl (C=O) groups is 1. The maximum atomic E-state index is 12.4. The van der Waals surface area contributed by atoms with Gasteiger partial charge in [0, 0.05) is 23.2 Å². The molecule has 1 aromatic heterocycles. The second-order valence-electron chi connectivity index (χ2n) is 9.89. The van der Waals surface area contributed by atoms with E-state index in [1.807, 2.05) is 44.2 Å². The van der Waals surface area contributed by atoms with Gasteiger partial charge in [0.05, 0.1) is 5.69 Å². The molecule has 2 saturated carbocycles. The third kappa shape index (κ3) is 4.27. The number of hydrogen-bond acceptors (Lipinski definition) is 3. The lowest BCUT2D eigenvalue weighted by molar-refractivity contribution is 0.0943. The standard InChI is InChI=1S/C29H32N2O2/c1-20(2)31-28(32)22-7-10-23(11-8-22)29(18-21-6-9-25(29)17-21)24-12-14-27(15-13-24)33-19-26-5-3-4-16-30-26/h3-5,7-8,10-16,20-21,25H,6,9,17-19H2,1-2H3,(H,31,32)/t21-,25+,29-/m1/s1. The molecule has 33 heavy (non-hydrogen) atoms. The van der Waals surface area contributed by atoms with Crippen molar-refractivity contribution in [1.82, 2.24) is 10.3 Å². The number of carbonyl (C=O) groups excluding carboxylic acids is 1. The Balaban J connectivity index is 1.40. The number of amides is 1. The molecule has 2 bridgehead atoms. The van der Waals surface area contributed by atoms with E-state index in [9.17, 15) is 4.79 Å². The number of hydrogen-bond donors (Lipinski definition) is 1. The number of benzene rings is 2. The SMILES string of the molecule is CC(C)NC(=O)c1ccc([C@@]2(c3ccc(OCc4ccccn4)cc3)C[C@@H]3CC[C@H]2C3)cc1. The molecule has 4 heteroatoms. The number of rotatable bonds is 7. The molecule has 0 unspecified atom stereocenters. The average molecular weight is 441 g/mol. The van der Waals surface area contributed by atoms with Crippen molar-refractivity contribution < 1.29 is 9.53 Å². The fraction of sp³-hybridized carbons (Fsp3) is 0.379. The molecule has 2 fully saturated rings. The highest BCUT2D eigenvalue weighted by Crippen LogP contribution is 2.60. The van der Waals surface area contributed by atoms with E-state index >= 15 is 0 Å². The Labute approximate surface area is 196 Å². The third-order valence-corrected chi connectivity index (χ3v) is 7.41. The largest absolute Gasteiger partial charge is 0.487 e. The molecule has 0 radical (unpaired) electrons. The monoisotopic (exact) mass is 440 g/mol. The van der Waals surface area contributed by atoms with Gasteiger partial charge in [0.15, 0.2) is 0 Å². The first-order valence-corrected chi connectivity index (χ1v) is 12.1. The smallest absolute Gasteiger partial charge is 0.251 e. The number of pyridine rings is 1. The molecular formula is C29H32N2O2. The zero-order valence-corrected chi connectivity index (χ0v) is 19.5. The first-order valence-electron chi connectivity index (χ1n) is 12.1. The molecule has 5 rings (SSSR count). The van der Waals surface area contributed by atoms with Crippen LogP contribution in [0.5, 0.6) is 5.75 Å². The van der Waals surface area contributed by atoms with Gasteiger partial charge in [-0.3, -0.25) is 9.78 Å². The Hall–Kier alpha value is -3.14. The van der Waals surface area contributed by atoms with E-state index in [2.05, 4.69) is 46.7 Å². The molecular weight excluding hydrogens is 408 g/mol. The van der Waals surface area contributed by atoms with E-state index in [1.165, 1.54) is 36.8 Å². The van der Waals surface area contributed by atoms with Gasteiger partial charge in [-0.15, -0.1) is 0 Å². The highest BCUT2D eigenvalue weighted by molar-refractivity contribution is 5.94. The van der Waals surface area contributed by atoms with E-state index in [-0.39, 0.29) is 17.4 Å². The predicted octanol–water partition coefficient (Wildman–Crippen LogP) is 5.90. The lowest BCUT2D eigenvalue weighted by Crippen LogP contribution is -2.34. The van der Waals surface area contributed by atoms with Gasteiger partial charge in [-0.1, -0.05) is 36.8 Å². The molecule has 0 aliphatic heterocycles. The summed E-state index contributed by atoms with van der Waals surface area (Å²) in [6, 6.07) is 23.0. The van der Waals surface area contributed by atoms with Crippen LogP contribution in [0.3, 0.4) is 0 Å². The molecule has 0 saturated heterocycles. The zero-order chi connectivity index (χ0) is 22.8. The molecule has 170 valence electrons. The predicted molar refractivity (Wildman–Crippen MR) is 130 cm³/mol. The van der Waals surface area contributed by atoms with Gasteiger partial charge in [-0.05, 0) is 92.5 Å². The highest BCUT2D eigenvalue weighted by Gasteiger charge is 2.52. The molecule has 2 aromatic carbocycles. The van der Waals surface area contributed by atoms with Crippen LogP contribution >= 0.6 is 0 Å². The van der Waals surface area contributed by atoms with Gasteiger partial charge >= 0.3 is 0 Å². The first-order chi connectivity index (χ1) is 16.0. The van der Waals surface area contributed by atoms with Crippen LogP contribution in [0.2, 0.25) is 0 Å². The van der Waals surface area contributed by atoms with Crippen LogP contribution in [0.1, 0.15) is 66.7 Å². The highest BCUT2D eigenvalue weighted by atomic mass is 16.5. The number of aromatic nitrogens is 1. The normalized spacial score (nSPS) is 23.6. The van der Waals surface area contributed by atoms with Crippen molar-refractivity contribution in [3.8, 4) is 5.75 Å². The molecule has 2 aliphatic rings. The van der Waals surface area contributed by atoms with Crippen molar-refractivity contribution in [3.05, 3.63) is 95.3 Å². The summed E-state index contributed by atoms with van der Waals surface area (Å²) in [5, 5.41) is 2.99. The van der Waals surface area contributed by atoms with Crippen LogP contribution < -0.4 is 10.1 Å². The molecule has 0 spiro atoms. The maximum absolute atomic E-state index is 12.4. The second-order valence-corrected chi connectivity index (χ2v) is 9.89. The number of ether oxygens (including phenoxy) is 1. The fourth-order valence-electron chi connectivity index (χ4n) is 5.96. The van der Waals surface area contributed by atoms with Crippen LogP contribution in [-0.2, 0) is 12.0 Å². The summed E-state index contributed by atoms with van der Waals surface area (Å²) < 4.78 is 5.98. The van der Waals surface area contributed by atoms with Crippen molar-refractivity contribution in [2.45, 2.75) is 57.6 Å². The molecule has 2 aliphatic carbocycles. The van der Waals surface area contributed by atoms with E-state index in [4.69, 9.17) is 4.74 Å². The van der Waals surface area contributed by atoms with Crippen molar-refractivity contribution in [1.29, 1.82) is 0 Å². The van der Waals surface area contributed by atoms with Crippen LogP contribution in [0, 0.1) is 11.8 Å². The fourth-order valence-corrected chi connectivity index (χ4v) is 5.96. The molecule has 1 amide bonds. The Kier molecular flexibility index (Phi) is 5.92. The van der Waals surface area contributed by atoms with Crippen LogP contribution in [-0.4, -0.2) is 16.9 Å². The summed E-state index contributed by atoms with van der Waals surface area (Å²) in [6.07, 6.45) is 6.89. The third-order valence-electron chi connectivity index (χ3n) is 7.41. The van der Waals surface area contributed by atoms with Gasteiger partial charge in [0.25, 0.3) is 5.91 Å². The number of nitrogens with one attached hydrogen (secondary N) is 1. The minimum Gasteiger partial charge on any atom is -0.487 e. The average Bonchev–Trinajstić information content (AvgIpc) is 3.46. The van der Waals surface area contributed by atoms with Crippen LogP contribution in [0.25, 0.3) is 0 Å². The lowest BCUT2D eigenvalue weighted by atomic mass is 9.64. The summed E-state index contributed by atoms with van der Waals surface area (Å²) in [6.45, 7) is 4.44. The summed E-state index contributed by atoms with van der Waals surface area (Å²) in [5.41, 5.74) is 4.36. The Morgan fingerprint density at radius 2 is 1.76 bits per heavy atom. The Bertz CT molecular complexity index is 1090. The Morgan fingerprint density at radius 1 is 1.03 bits per heavy atom. The minimum atomic E-state index is -0.00653.